The molecule has 0 aliphatic rings. The van der Waals surface area contributed by atoms with Gasteiger partial charge in [0, 0.05) is 0 Å². The summed E-state index contributed by atoms with van der Waals surface area (Å²) in [5, 5.41) is 8.53. The number of hydrogen-bond donors (Lipinski definition) is 1. The summed E-state index contributed by atoms with van der Waals surface area (Å²) >= 11 is 0. The first-order valence-electron chi connectivity index (χ1n) is 3.88. The van der Waals surface area contributed by atoms with Crippen LogP contribution in [0.1, 0.15) is 18.9 Å². The van der Waals surface area contributed by atoms with E-state index in [1.54, 1.807) is 0 Å². The van der Waals surface area contributed by atoms with E-state index in [2.05, 4.69) is 6.07 Å². The van der Waals surface area contributed by atoms with Crippen molar-refractivity contribution in [3.05, 3.63) is 35.9 Å². The van der Waals surface area contributed by atoms with Gasteiger partial charge in [-0.05, 0) is 12.5 Å². The molecule has 0 radical (unpaired) electrons. The second kappa shape index (κ2) is 3.38. The average molecular weight is 160 g/mol. The van der Waals surface area contributed by atoms with Crippen LogP contribution >= 0.6 is 0 Å². The molecule has 1 atom stereocenters. The van der Waals surface area contributed by atoms with Crippen molar-refractivity contribution in [2.75, 3.05) is 0 Å². The lowest BCUT2D eigenvalue weighted by molar-refractivity contribution is 0.507. The molecule has 62 valence electrons. The highest BCUT2D eigenvalue weighted by Gasteiger charge is 2.19. The van der Waals surface area contributed by atoms with Crippen molar-refractivity contribution < 1.29 is 0 Å². The fourth-order valence-corrected chi connectivity index (χ4v) is 1.09. The number of nitrogens with two attached hydrogens (primary N) is 1. The van der Waals surface area contributed by atoms with Crippen LogP contribution < -0.4 is 5.73 Å². The van der Waals surface area contributed by atoms with Gasteiger partial charge in [-0.1, -0.05) is 30.3 Å². The highest BCUT2D eigenvalue weighted by molar-refractivity contribution is 5.23. The third-order valence-electron chi connectivity index (χ3n) is 1.88. The van der Waals surface area contributed by atoms with E-state index in [1.807, 2.05) is 37.3 Å². The molecule has 2 N–H and O–H groups in total. The van der Waals surface area contributed by atoms with Crippen molar-refractivity contribution in [1.29, 1.82) is 5.26 Å². The summed E-state index contributed by atoms with van der Waals surface area (Å²) in [6.45, 7) is 1.87. The minimum atomic E-state index is -0.518. The van der Waals surface area contributed by atoms with Crippen LogP contribution in [0, 0.1) is 11.3 Å². The summed E-state index contributed by atoms with van der Waals surface area (Å²) in [6, 6.07) is 11.8. The Labute approximate surface area is 72.6 Å². The van der Waals surface area contributed by atoms with E-state index in [1.165, 1.54) is 0 Å². The van der Waals surface area contributed by atoms with Gasteiger partial charge in [-0.15, -0.1) is 0 Å². The normalized spacial score (nSPS) is 14.8. The molecule has 0 aromatic heterocycles. The maximum absolute atomic E-state index is 8.53. The minimum absolute atomic E-state index is 0.344. The number of hydrogen-bond acceptors (Lipinski definition) is 2. The lowest BCUT2D eigenvalue weighted by Gasteiger charge is -2.21. The van der Waals surface area contributed by atoms with E-state index in [9.17, 15) is 0 Å². The van der Waals surface area contributed by atoms with Crippen LogP contribution in [0.25, 0.3) is 0 Å². The zero-order valence-corrected chi connectivity index (χ0v) is 7.12. The summed E-state index contributed by atoms with van der Waals surface area (Å²) in [5.41, 5.74) is 6.41. The molecule has 12 heavy (non-hydrogen) atoms. The molecule has 0 aliphatic carbocycles. The molecule has 0 fully saturated rings. The number of nitriles is 1. The van der Waals surface area contributed by atoms with Crippen molar-refractivity contribution in [2.45, 2.75) is 18.9 Å². The zero-order valence-electron chi connectivity index (χ0n) is 7.12. The fraction of sp³-hybridized carbons (Fsp3) is 0.300. The lowest BCUT2D eigenvalue weighted by atomic mass is 9.91. The van der Waals surface area contributed by atoms with E-state index in [0.29, 0.717) is 6.42 Å². The van der Waals surface area contributed by atoms with Crippen LogP contribution in [0.2, 0.25) is 0 Å². The van der Waals surface area contributed by atoms with E-state index in [-0.39, 0.29) is 0 Å². The molecule has 0 aliphatic heterocycles. The predicted octanol–water partition coefficient (Wildman–Crippen LogP) is 1.77. The third-order valence-corrected chi connectivity index (χ3v) is 1.88. The Bertz CT molecular complexity index is 282. The van der Waals surface area contributed by atoms with E-state index in [4.69, 9.17) is 11.0 Å². The van der Waals surface area contributed by atoms with Crippen LogP contribution in [-0.2, 0) is 5.54 Å². The number of rotatable bonds is 2. The summed E-state index contributed by atoms with van der Waals surface area (Å²) in [4.78, 5) is 0. The van der Waals surface area contributed by atoms with Crippen LogP contribution in [0.3, 0.4) is 0 Å². The Hall–Kier alpha value is -1.33. The van der Waals surface area contributed by atoms with E-state index in [0.717, 1.165) is 5.56 Å². The molecule has 1 unspecified atom stereocenters. The highest BCUT2D eigenvalue weighted by Crippen LogP contribution is 2.19. The molecule has 0 spiro atoms. The zero-order chi connectivity index (χ0) is 9.03. The van der Waals surface area contributed by atoms with Gasteiger partial charge in [0.05, 0.1) is 18.0 Å². The minimum Gasteiger partial charge on any atom is -0.321 e. The van der Waals surface area contributed by atoms with Crippen LogP contribution in [-0.4, -0.2) is 0 Å². The van der Waals surface area contributed by atoms with E-state index < -0.39 is 5.54 Å². The van der Waals surface area contributed by atoms with Crippen LogP contribution in [0.15, 0.2) is 30.3 Å². The first-order valence-corrected chi connectivity index (χ1v) is 3.88. The SMILES string of the molecule is CC(N)(CC#N)c1ccccc1. The van der Waals surface area contributed by atoms with Gasteiger partial charge in [0.25, 0.3) is 0 Å². The second-order valence-corrected chi connectivity index (χ2v) is 3.12. The van der Waals surface area contributed by atoms with Gasteiger partial charge in [-0.3, -0.25) is 0 Å². The molecule has 0 saturated carbocycles. The molecule has 1 aromatic carbocycles. The summed E-state index contributed by atoms with van der Waals surface area (Å²) < 4.78 is 0. The van der Waals surface area contributed by atoms with Gasteiger partial charge < -0.3 is 5.73 Å². The van der Waals surface area contributed by atoms with Gasteiger partial charge in [0.2, 0.25) is 0 Å². The van der Waals surface area contributed by atoms with E-state index >= 15 is 0 Å². The van der Waals surface area contributed by atoms with Crippen molar-refractivity contribution in [2.24, 2.45) is 5.73 Å². The molecule has 2 nitrogen and oxygen atoms in total. The van der Waals surface area contributed by atoms with Crippen molar-refractivity contribution >= 4 is 0 Å². The Morgan fingerprint density at radius 2 is 2.00 bits per heavy atom. The quantitative estimate of drug-likeness (QED) is 0.716. The Balaban J connectivity index is 2.91. The van der Waals surface area contributed by atoms with Gasteiger partial charge in [-0.2, -0.15) is 5.26 Å². The molecule has 2 heteroatoms. The summed E-state index contributed by atoms with van der Waals surface area (Å²) in [5.74, 6) is 0. The van der Waals surface area contributed by atoms with Crippen LogP contribution in [0.5, 0.6) is 0 Å². The topological polar surface area (TPSA) is 49.8 Å². The molecule has 0 saturated heterocycles. The third kappa shape index (κ3) is 1.84. The smallest absolute Gasteiger partial charge is 0.0644 e. The number of benzene rings is 1. The predicted molar refractivity (Wildman–Crippen MR) is 48.2 cm³/mol. The standard InChI is InChI=1S/C10H12N2/c1-10(12,7-8-11)9-5-3-2-4-6-9/h2-6H,7,12H2,1H3. The molecule has 1 rings (SSSR count). The Kier molecular flexibility index (Phi) is 2.47. The summed E-state index contributed by atoms with van der Waals surface area (Å²) in [6.07, 6.45) is 0.344. The van der Waals surface area contributed by atoms with Crippen LogP contribution in [0.4, 0.5) is 0 Å². The van der Waals surface area contributed by atoms with Crippen molar-refractivity contribution in [3.8, 4) is 6.07 Å². The van der Waals surface area contributed by atoms with Crippen molar-refractivity contribution in [3.63, 3.8) is 0 Å². The first kappa shape index (κ1) is 8.76. The van der Waals surface area contributed by atoms with Gasteiger partial charge in [0.15, 0.2) is 0 Å². The maximum atomic E-state index is 8.53. The fourth-order valence-electron chi connectivity index (χ4n) is 1.09. The average Bonchev–Trinajstić information content (AvgIpc) is 2.06. The first-order chi connectivity index (χ1) is 5.67. The maximum Gasteiger partial charge on any atom is 0.0644 e. The Morgan fingerprint density at radius 1 is 1.42 bits per heavy atom. The molecular formula is C10H12N2. The number of nitrogens with zero attached hydrogens (tertiary/aromatic N) is 1. The Morgan fingerprint density at radius 3 is 2.50 bits per heavy atom. The van der Waals surface area contributed by atoms with Gasteiger partial charge in [-0.25, -0.2) is 0 Å². The second-order valence-electron chi connectivity index (χ2n) is 3.12. The highest BCUT2D eigenvalue weighted by atomic mass is 14.7. The lowest BCUT2D eigenvalue weighted by Crippen LogP contribution is -2.32. The van der Waals surface area contributed by atoms with Crippen molar-refractivity contribution in [1.82, 2.24) is 0 Å². The molecule has 1 aromatic rings. The molecule has 0 bridgehead atoms. The molecule has 0 heterocycles. The molecule has 0 amide bonds. The largest absolute Gasteiger partial charge is 0.321 e. The monoisotopic (exact) mass is 160 g/mol. The molecular weight excluding hydrogens is 148 g/mol. The summed E-state index contributed by atoms with van der Waals surface area (Å²) in [7, 11) is 0. The van der Waals surface area contributed by atoms with Gasteiger partial charge >= 0.3 is 0 Å². The van der Waals surface area contributed by atoms with Gasteiger partial charge in [0.1, 0.15) is 0 Å².